The molecule has 1 aromatic carbocycles. The van der Waals surface area contributed by atoms with Crippen LogP contribution in [-0.4, -0.2) is 63.4 Å². The molecule has 11 heteroatoms. The van der Waals surface area contributed by atoms with Crippen molar-refractivity contribution in [1.29, 1.82) is 0 Å². The van der Waals surface area contributed by atoms with Crippen LogP contribution < -0.4 is 67.3 Å². The van der Waals surface area contributed by atoms with Crippen LogP contribution in [0.1, 0.15) is 46.1 Å². The van der Waals surface area contributed by atoms with Crippen molar-refractivity contribution < 1.29 is 61.3 Å². The number of anilines is 1. The van der Waals surface area contributed by atoms with Crippen LogP contribution in [0.3, 0.4) is 0 Å². The molecule has 2 aromatic rings. The summed E-state index contributed by atoms with van der Waals surface area (Å²) in [6.07, 6.45) is 3.60. The van der Waals surface area contributed by atoms with Crippen LogP contribution in [0.5, 0.6) is 5.75 Å². The Kier molecular flexibility index (Phi) is 8.99. The van der Waals surface area contributed by atoms with E-state index in [9.17, 15) is 9.90 Å². The Balaban J connectivity index is 0.00000385. The van der Waals surface area contributed by atoms with Crippen LogP contribution in [0, 0.1) is 0 Å². The zero-order chi connectivity index (χ0) is 23.7. The van der Waals surface area contributed by atoms with Gasteiger partial charge in [0.1, 0.15) is 5.75 Å². The molecule has 0 saturated carbocycles. The molecule has 1 aliphatic heterocycles. The van der Waals surface area contributed by atoms with E-state index in [-0.39, 0.29) is 85.9 Å². The van der Waals surface area contributed by atoms with E-state index in [0.717, 1.165) is 12.8 Å². The van der Waals surface area contributed by atoms with Gasteiger partial charge in [-0.15, -0.1) is 10.2 Å². The molecule has 0 atom stereocenters. The van der Waals surface area contributed by atoms with Crippen LogP contribution in [0.2, 0.25) is 0 Å². The van der Waals surface area contributed by atoms with E-state index in [0.29, 0.717) is 16.9 Å². The second-order valence-electron chi connectivity index (χ2n) is 9.44. The average molecular weight is 479 g/mol. The molecule has 1 saturated heterocycles. The molecule has 0 bridgehead atoms. The van der Waals surface area contributed by atoms with E-state index in [1.165, 1.54) is 13.1 Å². The number of rotatable bonds is 4. The second kappa shape index (κ2) is 10.7. The number of amides is 2. The van der Waals surface area contributed by atoms with Gasteiger partial charge in [0, 0.05) is 30.0 Å². The van der Waals surface area contributed by atoms with Crippen molar-refractivity contribution in [2.24, 2.45) is 10.7 Å². The number of amidine groups is 1. The van der Waals surface area contributed by atoms with E-state index in [1.807, 2.05) is 7.05 Å². The molecule has 4 N–H and O–H groups in total. The third-order valence-corrected chi connectivity index (χ3v) is 5.57. The Bertz CT molecular complexity index is 1010. The molecule has 172 valence electrons. The van der Waals surface area contributed by atoms with Crippen molar-refractivity contribution in [2.45, 2.75) is 57.7 Å². The number of benzene rings is 1. The van der Waals surface area contributed by atoms with Gasteiger partial charge < -0.3 is 31.4 Å². The number of aliphatic imine (C=N–C) groups is 1. The summed E-state index contributed by atoms with van der Waals surface area (Å²) in [4.78, 5) is 21.5. The molecule has 3 rings (SSSR count). The second-order valence-corrected chi connectivity index (χ2v) is 9.44. The van der Waals surface area contributed by atoms with E-state index in [2.05, 4.69) is 63.4 Å². The summed E-state index contributed by atoms with van der Waals surface area (Å²) in [5.41, 5.74) is 6.61. The Hall–Kier alpha value is -1.63. The smallest absolute Gasteiger partial charge is 0.507 e. The summed E-state index contributed by atoms with van der Waals surface area (Å²) in [6.45, 7) is 8.83. The summed E-state index contributed by atoms with van der Waals surface area (Å²) >= 11 is 0. The normalized spacial score (nSPS) is 17.7. The third kappa shape index (κ3) is 6.93. The largest absolute Gasteiger partial charge is 1.00 e. The molecule has 0 spiro atoms. The maximum atomic E-state index is 11.3. The summed E-state index contributed by atoms with van der Waals surface area (Å²) in [7, 11) is 3.34. The molecule has 1 aromatic heterocycles. The number of aromatic hydroxyl groups is 1. The number of phenolic OH excluding ortho intramolecular Hbond substituents is 1. The van der Waals surface area contributed by atoms with E-state index < -0.39 is 6.03 Å². The van der Waals surface area contributed by atoms with Crippen LogP contribution in [-0.2, 0) is 0 Å². The van der Waals surface area contributed by atoms with Crippen LogP contribution >= 0.6 is 0 Å². The SMILES string of the molecule is C[N-]C(=O)/N=C(\N)c1ccc(-c2ncc(N(C)C3CC(C)(C)NC(C)(C)C3)nn2)c(O)c1.[K+]. The minimum Gasteiger partial charge on any atom is -0.507 e. The van der Waals surface area contributed by atoms with Gasteiger partial charge in [-0.25, -0.2) is 4.98 Å². The first kappa shape index (κ1) is 27.6. The molecule has 2 amide bonds. The quantitative estimate of drug-likeness (QED) is 0.312. The Labute approximate surface area is 237 Å². The number of nitrogens with one attached hydrogen (secondary N) is 1. The number of hydrogen-bond donors (Lipinski definition) is 3. The van der Waals surface area contributed by atoms with Crippen LogP contribution in [0.15, 0.2) is 29.4 Å². The number of nitrogens with two attached hydrogens (primary N) is 1. The number of nitrogens with zero attached hydrogens (tertiary/aromatic N) is 6. The first-order valence-corrected chi connectivity index (χ1v) is 10.4. The zero-order valence-corrected chi connectivity index (χ0v) is 23.5. The Morgan fingerprint density at radius 1 is 1.24 bits per heavy atom. The van der Waals surface area contributed by atoms with Gasteiger partial charge >= 0.3 is 51.4 Å². The van der Waals surface area contributed by atoms with Crippen molar-refractivity contribution >= 4 is 17.7 Å². The van der Waals surface area contributed by atoms with E-state index >= 15 is 0 Å². The van der Waals surface area contributed by atoms with E-state index in [1.54, 1.807) is 18.3 Å². The molecule has 0 radical (unpaired) electrons. The standard InChI is InChI=1S/C22H32N8O2.K/c1-21(2)10-14(11-22(3,4)29-21)30(6)17-12-25-19(28-27-17)15-8-7-13(9-16(15)31)18(23)26-20(32)24-5;/h7-9,12,14,29H,10-11H2,1-6H3,(H4,23,24,25,26,28,31,32);/q;+1/p-1. The van der Waals surface area contributed by atoms with Gasteiger partial charge in [-0.2, -0.15) is 0 Å². The number of phenols is 1. The number of hydrogen-bond acceptors (Lipinski definition) is 7. The minimum atomic E-state index is -0.696. The zero-order valence-electron chi connectivity index (χ0n) is 20.4. The van der Waals surface area contributed by atoms with Gasteiger partial charge in [-0.3, -0.25) is 4.79 Å². The van der Waals surface area contributed by atoms with Gasteiger partial charge in [0.25, 0.3) is 0 Å². The Morgan fingerprint density at radius 2 is 1.88 bits per heavy atom. The minimum absolute atomic E-state index is 0. The van der Waals surface area contributed by atoms with Gasteiger partial charge in [0.15, 0.2) is 17.7 Å². The molecule has 10 nitrogen and oxygen atoms in total. The van der Waals surface area contributed by atoms with Gasteiger partial charge in [0.05, 0.1) is 11.8 Å². The predicted octanol–water partition coefficient (Wildman–Crippen LogP) is -0.178. The van der Waals surface area contributed by atoms with Crippen LogP contribution in [0.4, 0.5) is 10.6 Å². The van der Waals surface area contributed by atoms with Crippen molar-refractivity contribution in [1.82, 2.24) is 20.5 Å². The maximum Gasteiger partial charge on any atom is 1.00 e. The fourth-order valence-electron chi connectivity index (χ4n) is 4.38. The van der Waals surface area contributed by atoms with Crippen LogP contribution in [0.25, 0.3) is 16.7 Å². The summed E-state index contributed by atoms with van der Waals surface area (Å²) in [6, 6.07) is 4.23. The van der Waals surface area contributed by atoms with Crippen molar-refractivity contribution in [3.63, 3.8) is 0 Å². The topological polar surface area (TPSA) is 144 Å². The third-order valence-electron chi connectivity index (χ3n) is 5.57. The molecule has 0 aliphatic carbocycles. The van der Waals surface area contributed by atoms with Crippen molar-refractivity contribution in [3.05, 3.63) is 35.3 Å². The fourth-order valence-corrected chi connectivity index (χ4v) is 4.38. The monoisotopic (exact) mass is 478 g/mol. The average Bonchev–Trinajstić information content (AvgIpc) is 2.71. The van der Waals surface area contributed by atoms with Gasteiger partial charge in [0.2, 0.25) is 0 Å². The molecular formula is C22H31KN8O2. The van der Waals surface area contributed by atoms with Crippen molar-refractivity contribution in [3.8, 4) is 17.1 Å². The van der Waals surface area contributed by atoms with Gasteiger partial charge in [-0.1, -0.05) is 13.1 Å². The molecule has 2 heterocycles. The molecular weight excluding hydrogens is 447 g/mol. The van der Waals surface area contributed by atoms with E-state index in [4.69, 9.17) is 5.73 Å². The molecule has 1 aliphatic rings. The molecule has 0 unspecified atom stereocenters. The number of carbonyl (C=O) groups is 1. The number of aromatic nitrogens is 3. The summed E-state index contributed by atoms with van der Waals surface area (Å²) in [5, 5.41) is 26.1. The van der Waals surface area contributed by atoms with Gasteiger partial charge in [-0.05, 0) is 58.2 Å². The fraction of sp³-hybridized carbons (Fsp3) is 0.500. The first-order valence-electron chi connectivity index (χ1n) is 10.4. The number of urea groups is 1. The maximum absolute atomic E-state index is 11.3. The van der Waals surface area contributed by atoms with Crippen molar-refractivity contribution in [2.75, 3.05) is 19.0 Å². The summed E-state index contributed by atoms with van der Waals surface area (Å²) in [5.74, 6) is 0.825. The molecule has 33 heavy (non-hydrogen) atoms. The first-order chi connectivity index (χ1) is 14.9. The number of piperidine rings is 1. The Morgan fingerprint density at radius 3 is 2.39 bits per heavy atom. The number of carbonyl (C=O) groups excluding carboxylic acids is 1. The summed E-state index contributed by atoms with van der Waals surface area (Å²) < 4.78 is 0. The predicted molar refractivity (Wildman–Crippen MR) is 125 cm³/mol. The molecule has 1 fully saturated rings.